The number of rotatable bonds is 12. The van der Waals surface area contributed by atoms with Crippen molar-refractivity contribution in [2.45, 2.75) is 70.2 Å². The Morgan fingerprint density at radius 1 is 1.17 bits per heavy atom. The Balaban J connectivity index is 2.12. The van der Waals surface area contributed by atoms with Gasteiger partial charge < -0.3 is 0 Å². The number of hydrogen-bond acceptors (Lipinski definition) is 8. The third-order valence-corrected chi connectivity index (χ3v) is 7.96. The second-order valence-corrected chi connectivity index (χ2v) is 12.2. The van der Waals surface area contributed by atoms with Crippen molar-refractivity contribution in [3.63, 3.8) is 0 Å². The molecule has 3 atom stereocenters. The first-order valence-corrected chi connectivity index (χ1v) is 15.0. The van der Waals surface area contributed by atoms with Gasteiger partial charge in [0.25, 0.3) is 0 Å². The van der Waals surface area contributed by atoms with Gasteiger partial charge in [0.05, 0.1) is 0 Å². The monoisotopic (exact) mass is 587 g/mol. The molecule has 9 nitrogen and oxygen atoms in total. The molecule has 0 aromatic heterocycles. The number of esters is 1. The average molecular weight is 587 g/mol. The predicted octanol–water partition coefficient (Wildman–Crippen LogP) is 2.14. The van der Waals surface area contributed by atoms with E-state index in [9.17, 15) is 19.2 Å². The zero-order valence-electron chi connectivity index (χ0n) is 21.6. The minimum atomic E-state index is -0.875. The summed E-state index contributed by atoms with van der Waals surface area (Å²) in [5.74, 6) is 0.0357. The van der Waals surface area contributed by atoms with E-state index in [-0.39, 0.29) is 17.0 Å². The summed E-state index contributed by atoms with van der Waals surface area (Å²) in [6.45, 7) is 5.70. The molecule has 1 aliphatic rings. The van der Waals surface area contributed by atoms with Crippen molar-refractivity contribution in [2.24, 2.45) is 0 Å². The van der Waals surface area contributed by atoms with Crippen molar-refractivity contribution in [2.75, 3.05) is 25.7 Å². The van der Waals surface area contributed by atoms with Gasteiger partial charge >= 0.3 is 225 Å². The van der Waals surface area contributed by atoms with Crippen molar-refractivity contribution in [1.29, 1.82) is 0 Å². The third-order valence-electron chi connectivity index (χ3n) is 5.48. The number of nitrogens with zero attached hydrogens (tertiary/aromatic N) is 1. The Kier molecular flexibility index (Phi) is 12.2. The maximum atomic E-state index is 13.6. The van der Waals surface area contributed by atoms with Crippen LogP contribution in [0.15, 0.2) is 30.3 Å². The minimum absolute atomic E-state index is 0.109. The fourth-order valence-electron chi connectivity index (χ4n) is 3.78. The number of ether oxygens (including phenoxy) is 2. The summed E-state index contributed by atoms with van der Waals surface area (Å²) < 4.78 is 13.2. The molecule has 2 N–H and O–H groups in total. The molecule has 1 aromatic carbocycles. The van der Waals surface area contributed by atoms with Crippen LogP contribution in [0, 0.1) is 0 Å². The van der Waals surface area contributed by atoms with Gasteiger partial charge in [0.2, 0.25) is 0 Å². The van der Waals surface area contributed by atoms with E-state index in [4.69, 9.17) is 9.47 Å². The van der Waals surface area contributed by atoms with E-state index in [2.05, 4.69) is 9.65 Å². The van der Waals surface area contributed by atoms with Crippen LogP contribution in [0.1, 0.15) is 45.6 Å². The number of benzene rings is 1. The number of hydrogen-bond donors (Lipinski definition) is 2. The molecule has 36 heavy (non-hydrogen) atoms. The number of nitrogens with one attached hydrogen (secondary N) is 2. The van der Waals surface area contributed by atoms with Crippen LogP contribution in [0.5, 0.6) is 0 Å². The van der Waals surface area contributed by atoms with E-state index in [1.54, 1.807) is 37.4 Å². The van der Waals surface area contributed by atoms with Gasteiger partial charge in [-0.1, -0.05) is 0 Å². The van der Waals surface area contributed by atoms with Crippen molar-refractivity contribution < 1.29 is 28.7 Å². The molecule has 11 heteroatoms. The van der Waals surface area contributed by atoms with Crippen LogP contribution in [0.4, 0.5) is 4.79 Å². The molecular formula is C25H37N3O6SSe. The van der Waals surface area contributed by atoms with Gasteiger partial charge in [0.15, 0.2) is 0 Å². The second-order valence-electron chi connectivity index (χ2n) is 9.47. The summed E-state index contributed by atoms with van der Waals surface area (Å²) in [4.78, 5) is 52.9. The Morgan fingerprint density at radius 3 is 2.47 bits per heavy atom. The fourth-order valence-corrected chi connectivity index (χ4v) is 6.04. The molecule has 2 amide bonds. The molecule has 0 spiro atoms. The summed E-state index contributed by atoms with van der Waals surface area (Å²) >= 11 is 0.900. The second kappa shape index (κ2) is 14.6. The standard InChI is InChI=1S/C25H37N3O6SSe/c1-25(2,3)34-24(32)26-19(16-17-10-7-6-8-11-17)21(29)28-14-9-12-20(28)23(31)36-27-18(13-15-35-5)22(30)33-4/h6-8,10-11,18-20,27H,9,12-16H2,1-5H3,(H,26,32)/t18-,19-,20-/m0/s1. The topological polar surface area (TPSA) is 114 Å². The molecule has 200 valence electrons. The Hall–Kier alpha value is -2.07. The van der Waals surface area contributed by atoms with Gasteiger partial charge in [0.1, 0.15) is 0 Å². The van der Waals surface area contributed by atoms with E-state index in [0.29, 0.717) is 25.8 Å². The molecule has 1 fully saturated rings. The molecule has 0 radical (unpaired) electrons. The van der Waals surface area contributed by atoms with Gasteiger partial charge in [-0.2, -0.15) is 0 Å². The zero-order valence-corrected chi connectivity index (χ0v) is 24.1. The summed E-state index contributed by atoms with van der Waals surface area (Å²) in [5.41, 5.74) is 0.173. The summed E-state index contributed by atoms with van der Waals surface area (Å²) in [6.07, 6.45) is 3.33. The van der Waals surface area contributed by atoms with E-state index in [0.717, 1.165) is 11.3 Å². The summed E-state index contributed by atoms with van der Waals surface area (Å²) in [7, 11) is 1.33. The summed E-state index contributed by atoms with van der Waals surface area (Å²) in [6, 6.07) is 7.37. The van der Waals surface area contributed by atoms with E-state index in [1.165, 1.54) is 7.11 Å². The molecule has 0 bridgehead atoms. The SMILES string of the molecule is COC(=O)[C@H](CCSC)N[Se]C(=O)[C@@H]1CCCN1C(=O)[C@H](Cc1ccccc1)NC(=O)OC(C)(C)C. The van der Waals surface area contributed by atoms with E-state index >= 15 is 0 Å². The number of likely N-dealkylation sites (tertiary alicyclic amines) is 1. The molecule has 1 aliphatic heterocycles. The van der Waals surface area contributed by atoms with Gasteiger partial charge in [0, 0.05) is 0 Å². The van der Waals surface area contributed by atoms with Crippen molar-refractivity contribution in [3.05, 3.63) is 35.9 Å². The average Bonchev–Trinajstić information content (AvgIpc) is 3.32. The number of alkyl carbamates (subject to hydrolysis) is 1. The van der Waals surface area contributed by atoms with Crippen LogP contribution in [-0.4, -0.2) is 92.1 Å². The first-order valence-electron chi connectivity index (χ1n) is 11.9. The van der Waals surface area contributed by atoms with Gasteiger partial charge in [-0.3, -0.25) is 0 Å². The zero-order chi connectivity index (χ0) is 26.7. The predicted molar refractivity (Wildman–Crippen MR) is 141 cm³/mol. The molecule has 2 rings (SSSR count). The first kappa shape index (κ1) is 30.2. The quantitative estimate of drug-likeness (QED) is 0.283. The van der Waals surface area contributed by atoms with Crippen molar-refractivity contribution >= 4 is 49.6 Å². The van der Waals surface area contributed by atoms with Crippen molar-refractivity contribution in [3.8, 4) is 0 Å². The molecule has 0 saturated carbocycles. The van der Waals surface area contributed by atoms with Crippen LogP contribution in [0.25, 0.3) is 0 Å². The number of methoxy groups -OCH3 is 1. The van der Waals surface area contributed by atoms with Gasteiger partial charge in [-0.05, 0) is 0 Å². The molecule has 1 saturated heterocycles. The summed E-state index contributed by atoms with van der Waals surface area (Å²) in [5, 5.41) is 2.72. The Labute approximate surface area is 224 Å². The number of carbonyl (C=O) groups is 4. The van der Waals surface area contributed by atoms with Gasteiger partial charge in [-0.25, -0.2) is 0 Å². The van der Waals surface area contributed by atoms with Crippen molar-refractivity contribution in [1.82, 2.24) is 14.5 Å². The first-order chi connectivity index (χ1) is 17.1. The van der Waals surface area contributed by atoms with Crippen LogP contribution >= 0.6 is 11.8 Å². The van der Waals surface area contributed by atoms with E-state index < -0.39 is 51.0 Å². The van der Waals surface area contributed by atoms with Crippen LogP contribution in [0.2, 0.25) is 0 Å². The Bertz CT molecular complexity index is 896. The maximum absolute atomic E-state index is 13.6. The van der Waals surface area contributed by atoms with Gasteiger partial charge in [-0.15, -0.1) is 0 Å². The molecular weight excluding hydrogens is 549 g/mol. The Morgan fingerprint density at radius 2 is 1.86 bits per heavy atom. The van der Waals surface area contributed by atoms with Crippen LogP contribution < -0.4 is 9.65 Å². The fraction of sp³-hybridized carbons (Fsp3) is 0.600. The number of amides is 2. The normalized spacial score (nSPS) is 17.2. The number of carbonyl (C=O) groups excluding carboxylic acids is 4. The van der Waals surface area contributed by atoms with E-state index in [1.807, 2.05) is 36.6 Å². The van der Waals surface area contributed by atoms with Crippen LogP contribution in [0.3, 0.4) is 0 Å². The number of thioether (sulfide) groups is 1. The molecule has 0 aliphatic carbocycles. The molecule has 0 unspecified atom stereocenters. The molecule has 1 aromatic rings. The molecule has 1 heterocycles. The third kappa shape index (κ3) is 9.76. The van der Waals surface area contributed by atoms with Crippen LogP contribution in [-0.2, 0) is 30.3 Å².